The van der Waals surface area contributed by atoms with Crippen molar-refractivity contribution in [2.75, 3.05) is 14.2 Å². The molecule has 0 saturated carbocycles. The molecule has 5 nitrogen and oxygen atoms in total. The molecule has 4 rings (SSSR count). The molecular weight excluding hydrogens is 362 g/mol. The molecule has 4 aromatic rings. The highest BCUT2D eigenvalue weighted by molar-refractivity contribution is 5.95. The molecule has 29 heavy (non-hydrogen) atoms. The first-order valence-corrected chi connectivity index (χ1v) is 9.48. The summed E-state index contributed by atoms with van der Waals surface area (Å²) < 4.78 is 7.43. The van der Waals surface area contributed by atoms with Gasteiger partial charge in [0, 0.05) is 25.4 Å². The van der Waals surface area contributed by atoms with Crippen LogP contribution in [0.4, 0.5) is 0 Å². The quantitative estimate of drug-likeness (QED) is 0.504. The van der Waals surface area contributed by atoms with Crippen LogP contribution >= 0.6 is 0 Å². The Balaban J connectivity index is 1.60. The van der Waals surface area contributed by atoms with Crippen LogP contribution in [-0.4, -0.2) is 34.5 Å². The summed E-state index contributed by atoms with van der Waals surface area (Å²) in [6.45, 7) is 2.47. The fraction of sp³-hybridized carbons (Fsp3) is 0.167. The van der Waals surface area contributed by atoms with Crippen molar-refractivity contribution in [2.24, 2.45) is 0 Å². The lowest BCUT2D eigenvalue weighted by Crippen LogP contribution is -2.26. The Hall–Kier alpha value is -3.60. The van der Waals surface area contributed by atoms with Gasteiger partial charge in [0.2, 0.25) is 0 Å². The summed E-state index contributed by atoms with van der Waals surface area (Å²) >= 11 is 0. The lowest BCUT2D eigenvalue weighted by atomic mass is 10.0. The molecule has 1 aromatic heterocycles. The maximum absolute atomic E-state index is 13.1. The Kier molecular flexibility index (Phi) is 5.04. The van der Waals surface area contributed by atoms with E-state index in [0.29, 0.717) is 17.9 Å². The average Bonchev–Trinajstić information content (AvgIpc) is 3.19. The number of hydrogen-bond donors (Lipinski definition) is 0. The number of methoxy groups -OCH3 is 1. The predicted octanol–water partition coefficient (Wildman–Crippen LogP) is 4.61. The average molecular weight is 385 g/mol. The van der Waals surface area contributed by atoms with Crippen LogP contribution in [0.1, 0.15) is 21.6 Å². The molecule has 1 heterocycles. The molecule has 0 unspecified atom stereocenters. The second-order valence-corrected chi connectivity index (χ2v) is 7.11. The van der Waals surface area contributed by atoms with Crippen LogP contribution in [0.2, 0.25) is 0 Å². The molecule has 0 atom stereocenters. The van der Waals surface area contributed by atoms with Crippen LogP contribution in [0.3, 0.4) is 0 Å². The Morgan fingerprint density at radius 1 is 1.10 bits per heavy atom. The van der Waals surface area contributed by atoms with Gasteiger partial charge in [-0.2, -0.15) is 0 Å². The molecule has 0 aliphatic rings. The first-order chi connectivity index (χ1) is 14.1. The van der Waals surface area contributed by atoms with Gasteiger partial charge in [-0.25, -0.2) is 4.98 Å². The zero-order chi connectivity index (χ0) is 20.4. The van der Waals surface area contributed by atoms with Gasteiger partial charge in [-0.1, -0.05) is 42.5 Å². The summed E-state index contributed by atoms with van der Waals surface area (Å²) in [5, 5.41) is 2.34. The van der Waals surface area contributed by atoms with Gasteiger partial charge >= 0.3 is 0 Å². The first-order valence-electron chi connectivity index (χ1n) is 9.48. The molecule has 3 aromatic carbocycles. The number of ether oxygens (including phenoxy) is 1. The number of rotatable bonds is 5. The molecule has 0 aliphatic carbocycles. The Bertz CT molecular complexity index is 1170. The van der Waals surface area contributed by atoms with E-state index in [2.05, 4.69) is 29.2 Å². The van der Waals surface area contributed by atoms with Crippen molar-refractivity contribution >= 4 is 16.7 Å². The van der Waals surface area contributed by atoms with Crippen molar-refractivity contribution in [1.29, 1.82) is 0 Å². The molecule has 0 aliphatic heterocycles. The monoisotopic (exact) mass is 385 g/mol. The van der Waals surface area contributed by atoms with Crippen molar-refractivity contribution in [2.45, 2.75) is 13.5 Å². The number of hydrogen-bond acceptors (Lipinski definition) is 3. The fourth-order valence-corrected chi connectivity index (χ4v) is 3.56. The summed E-state index contributed by atoms with van der Waals surface area (Å²) in [5.74, 6) is 0.580. The van der Waals surface area contributed by atoms with E-state index in [1.165, 1.54) is 5.39 Å². The molecule has 0 radical (unpaired) electrons. The van der Waals surface area contributed by atoms with E-state index in [-0.39, 0.29) is 5.91 Å². The van der Waals surface area contributed by atoms with Gasteiger partial charge in [0.25, 0.3) is 5.91 Å². The van der Waals surface area contributed by atoms with E-state index in [1.54, 1.807) is 24.4 Å². The van der Waals surface area contributed by atoms with Gasteiger partial charge in [-0.05, 0) is 41.5 Å². The van der Waals surface area contributed by atoms with E-state index in [0.717, 1.165) is 22.3 Å². The maximum Gasteiger partial charge on any atom is 0.254 e. The van der Waals surface area contributed by atoms with Crippen LogP contribution in [0.5, 0.6) is 5.75 Å². The summed E-state index contributed by atoms with van der Waals surface area (Å²) in [6, 6.07) is 19.9. The third kappa shape index (κ3) is 3.72. The van der Waals surface area contributed by atoms with E-state index >= 15 is 0 Å². The molecule has 5 heteroatoms. The van der Waals surface area contributed by atoms with E-state index in [4.69, 9.17) is 4.74 Å². The number of imidazole rings is 1. The molecule has 1 amide bonds. The van der Waals surface area contributed by atoms with E-state index in [9.17, 15) is 4.79 Å². The van der Waals surface area contributed by atoms with Crippen LogP contribution < -0.4 is 4.74 Å². The summed E-state index contributed by atoms with van der Waals surface area (Å²) in [7, 11) is 3.43. The van der Waals surface area contributed by atoms with Crippen LogP contribution in [0.15, 0.2) is 73.2 Å². The van der Waals surface area contributed by atoms with Crippen molar-refractivity contribution in [3.05, 3.63) is 90.0 Å². The first kappa shape index (κ1) is 18.7. The summed E-state index contributed by atoms with van der Waals surface area (Å²) in [6.07, 6.45) is 3.66. The van der Waals surface area contributed by atoms with Crippen molar-refractivity contribution in [3.63, 3.8) is 0 Å². The molecule has 146 valence electrons. The number of aromatic nitrogens is 2. The highest BCUT2D eigenvalue weighted by Crippen LogP contribution is 2.26. The number of nitrogens with zero attached hydrogens (tertiary/aromatic N) is 3. The SMILES string of the molecule is COc1cc(C(=O)N(C)Cc2cccc3ccccc23)ccc1-n1cnc(C)c1. The normalized spacial score (nSPS) is 10.9. The number of aryl methyl sites for hydroxylation is 1. The number of carbonyl (C=O) groups excluding carboxylic acids is 1. The largest absolute Gasteiger partial charge is 0.495 e. The van der Waals surface area contributed by atoms with Gasteiger partial charge < -0.3 is 14.2 Å². The van der Waals surface area contributed by atoms with E-state index in [1.807, 2.05) is 55.1 Å². The minimum Gasteiger partial charge on any atom is -0.495 e. The smallest absolute Gasteiger partial charge is 0.254 e. The van der Waals surface area contributed by atoms with Crippen molar-refractivity contribution < 1.29 is 9.53 Å². The lowest BCUT2D eigenvalue weighted by Gasteiger charge is -2.19. The molecule has 0 saturated heterocycles. The maximum atomic E-state index is 13.1. The van der Waals surface area contributed by atoms with Crippen LogP contribution in [-0.2, 0) is 6.54 Å². The minimum atomic E-state index is -0.0513. The Morgan fingerprint density at radius 3 is 2.66 bits per heavy atom. The van der Waals surface area contributed by atoms with Gasteiger partial charge in [0.15, 0.2) is 0 Å². The lowest BCUT2D eigenvalue weighted by molar-refractivity contribution is 0.0785. The highest BCUT2D eigenvalue weighted by atomic mass is 16.5. The van der Waals surface area contributed by atoms with Crippen molar-refractivity contribution in [3.8, 4) is 11.4 Å². The van der Waals surface area contributed by atoms with Crippen molar-refractivity contribution in [1.82, 2.24) is 14.5 Å². The van der Waals surface area contributed by atoms with Gasteiger partial charge in [0.1, 0.15) is 5.75 Å². The molecule has 0 fully saturated rings. The second-order valence-electron chi connectivity index (χ2n) is 7.11. The zero-order valence-electron chi connectivity index (χ0n) is 16.8. The van der Waals surface area contributed by atoms with Crippen LogP contribution in [0, 0.1) is 6.92 Å². The number of benzene rings is 3. The number of fused-ring (bicyclic) bond motifs is 1. The predicted molar refractivity (Wildman–Crippen MR) is 115 cm³/mol. The standard InChI is InChI=1S/C24H23N3O2/c1-17-14-27(16-25-17)22-12-11-19(13-23(22)29-3)24(28)26(2)15-20-9-6-8-18-7-4-5-10-21(18)20/h4-14,16H,15H2,1-3H3. The number of amides is 1. The Labute approximate surface area is 170 Å². The topological polar surface area (TPSA) is 47.4 Å². The molecule has 0 spiro atoms. The summed E-state index contributed by atoms with van der Waals surface area (Å²) in [5.41, 5.74) is 3.48. The minimum absolute atomic E-state index is 0.0513. The molecule has 0 bridgehead atoms. The summed E-state index contributed by atoms with van der Waals surface area (Å²) in [4.78, 5) is 19.0. The van der Waals surface area contributed by atoms with E-state index < -0.39 is 0 Å². The second kappa shape index (κ2) is 7.80. The number of carbonyl (C=O) groups is 1. The van der Waals surface area contributed by atoms with Gasteiger partial charge in [-0.3, -0.25) is 4.79 Å². The molecule has 0 N–H and O–H groups in total. The third-order valence-corrected chi connectivity index (χ3v) is 5.05. The molecular formula is C24H23N3O2. The fourth-order valence-electron chi connectivity index (χ4n) is 3.56. The third-order valence-electron chi connectivity index (χ3n) is 5.05. The highest BCUT2D eigenvalue weighted by Gasteiger charge is 2.16. The van der Waals surface area contributed by atoms with Gasteiger partial charge in [0.05, 0.1) is 24.8 Å². The van der Waals surface area contributed by atoms with Gasteiger partial charge in [-0.15, -0.1) is 0 Å². The Morgan fingerprint density at radius 2 is 1.90 bits per heavy atom. The zero-order valence-corrected chi connectivity index (χ0v) is 16.8. The van der Waals surface area contributed by atoms with Crippen LogP contribution in [0.25, 0.3) is 16.5 Å².